The summed E-state index contributed by atoms with van der Waals surface area (Å²) < 4.78 is 0. The van der Waals surface area contributed by atoms with Crippen molar-refractivity contribution in [3.8, 4) is 0 Å². The summed E-state index contributed by atoms with van der Waals surface area (Å²) in [6.07, 6.45) is 5.88. The summed E-state index contributed by atoms with van der Waals surface area (Å²) in [6.45, 7) is 0.0133. The van der Waals surface area contributed by atoms with Gasteiger partial charge in [-0.1, -0.05) is 12.2 Å². The first kappa shape index (κ1) is 11.4. The smallest absolute Gasteiger partial charge is 0.305 e. The third kappa shape index (κ3) is 1.50. The van der Waals surface area contributed by atoms with E-state index < -0.39 is 5.97 Å². The van der Waals surface area contributed by atoms with Gasteiger partial charge in [-0.15, -0.1) is 0 Å². The molecule has 1 aliphatic heterocycles. The third-order valence-corrected chi connectivity index (χ3v) is 4.40. The molecule has 4 rings (SSSR count). The highest BCUT2D eigenvalue weighted by Crippen LogP contribution is 2.49. The van der Waals surface area contributed by atoms with Gasteiger partial charge in [0.25, 0.3) is 0 Å². The minimum absolute atomic E-state index is 0.0133. The molecule has 4 aliphatic rings. The standard InChI is InChI=1S/C13H15NO4/c15-9(16)5-6-14-12(17)10-7-1-2-8(4-3-7)11(10)13(14)18/h1-2,7-8,10-11H,3-6H2,(H,15,16)/t7-,8-,10-,11-/m1/s1. The minimum Gasteiger partial charge on any atom is -0.481 e. The Bertz CT molecular complexity index is 424. The second kappa shape index (κ2) is 3.93. The number of rotatable bonds is 3. The molecule has 0 unspecified atom stereocenters. The molecule has 1 N–H and O–H groups in total. The average molecular weight is 249 g/mol. The highest BCUT2D eigenvalue weighted by molar-refractivity contribution is 6.06. The summed E-state index contributed by atoms with van der Waals surface area (Å²) in [5.41, 5.74) is 0. The van der Waals surface area contributed by atoms with Crippen molar-refractivity contribution < 1.29 is 19.5 Å². The van der Waals surface area contributed by atoms with Gasteiger partial charge in [-0.3, -0.25) is 19.3 Å². The van der Waals surface area contributed by atoms with Gasteiger partial charge in [0.15, 0.2) is 0 Å². The molecule has 1 heterocycles. The van der Waals surface area contributed by atoms with E-state index in [-0.39, 0.29) is 48.5 Å². The number of imide groups is 1. The van der Waals surface area contributed by atoms with Crippen molar-refractivity contribution in [3.63, 3.8) is 0 Å². The molecular formula is C13H15NO4. The van der Waals surface area contributed by atoms with E-state index in [0.29, 0.717) is 0 Å². The summed E-state index contributed by atoms with van der Waals surface area (Å²) >= 11 is 0. The SMILES string of the molecule is O=C(O)CCN1C(=O)[C@H]2[C@H](C1=O)[C@@H]1C=C[C@@H]2CC1. The molecule has 1 saturated carbocycles. The van der Waals surface area contributed by atoms with Gasteiger partial charge in [0, 0.05) is 6.54 Å². The molecule has 0 aromatic carbocycles. The number of hydrogen-bond acceptors (Lipinski definition) is 3. The molecule has 2 amide bonds. The molecule has 5 nitrogen and oxygen atoms in total. The number of amides is 2. The van der Waals surface area contributed by atoms with Crippen molar-refractivity contribution in [2.24, 2.45) is 23.7 Å². The molecule has 0 radical (unpaired) electrons. The second-order valence-electron chi connectivity index (χ2n) is 5.31. The maximum absolute atomic E-state index is 12.2. The van der Waals surface area contributed by atoms with Crippen molar-refractivity contribution >= 4 is 17.8 Å². The first-order valence-electron chi connectivity index (χ1n) is 6.35. The van der Waals surface area contributed by atoms with Gasteiger partial charge in [-0.2, -0.15) is 0 Å². The van der Waals surface area contributed by atoms with Crippen LogP contribution in [0.3, 0.4) is 0 Å². The topological polar surface area (TPSA) is 74.7 Å². The lowest BCUT2D eigenvalue weighted by Crippen LogP contribution is -2.38. The predicted octanol–water partition coefficient (Wildman–Crippen LogP) is 0.658. The van der Waals surface area contributed by atoms with Crippen molar-refractivity contribution in [1.82, 2.24) is 4.90 Å². The summed E-state index contributed by atoms with van der Waals surface area (Å²) in [6, 6.07) is 0. The zero-order valence-electron chi connectivity index (χ0n) is 9.91. The monoisotopic (exact) mass is 249 g/mol. The van der Waals surface area contributed by atoms with Crippen molar-refractivity contribution in [1.29, 1.82) is 0 Å². The molecule has 0 aromatic heterocycles. The Hall–Kier alpha value is -1.65. The van der Waals surface area contributed by atoms with Gasteiger partial charge in [0.05, 0.1) is 18.3 Å². The number of aliphatic carboxylic acids is 1. The van der Waals surface area contributed by atoms with Crippen LogP contribution in [-0.2, 0) is 14.4 Å². The molecule has 18 heavy (non-hydrogen) atoms. The van der Waals surface area contributed by atoms with Crippen LogP contribution < -0.4 is 0 Å². The Morgan fingerprint density at radius 1 is 1.17 bits per heavy atom. The molecule has 3 aliphatic carbocycles. The molecule has 2 fully saturated rings. The zero-order chi connectivity index (χ0) is 12.9. The lowest BCUT2D eigenvalue weighted by molar-refractivity contribution is -0.142. The number of likely N-dealkylation sites (tertiary alicyclic amines) is 1. The maximum Gasteiger partial charge on any atom is 0.305 e. The Morgan fingerprint density at radius 2 is 1.67 bits per heavy atom. The van der Waals surface area contributed by atoms with Crippen LogP contribution in [-0.4, -0.2) is 34.3 Å². The van der Waals surface area contributed by atoms with Crippen LogP contribution in [0.2, 0.25) is 0 Å². The van der Waals surface area contributed by atoms with E-state index in [1.54, 1.807) is 0 Å². The number of allylic oxidation sites excluding steroid dienone is 2. The number of carboxylic acids is 1. The van der Waals surface area contributed by atoms with Crippen molar-refractivity contribution in [2.45, 2.75) is 19.3 Å². The number of carbonyl (C=O) groups is 3. The number of nitrogens with zero attached hydrogens (tertiary/aromatic N) is 1. The van der Waals surface area contributed by atoms with E-state index in [2.05, 4.69) is 12.2 Å². The lowest BCUT2D eigenvalue weighted by Gasteiger charge is -2.38. The molecular weight excluding hydrogens is 234 g/mol. The van der Waals surface area contributed by atoms with E-state index in [4.69, 9.17) is 5.11 Å². The maximum atomic E-state index is 12.2. The van der Waals surface area contributed by atoms with E-state index in [1.807, 2.05) is 0 Å². The van der Waals surface area contributed by atoms with E-state index in [0.717, 1.165) is 12.8 Å². The first-order valence-corrected chi connectivity index (χ1v) is 6.35. The summed E-state index contributed by atoms with van der Waals surface area (Å²) in [5.74, 6) is -1.41. The van der Waals surface area contributed by atoms with Gasteiger partial charge in [0.1, 0.15) is 0 Å². The molecule has 96 valence electrons. The van der Waals surface area contributed by atoms with Crippen LogP contribution in [0.15, 0.2) is 12.2 Å². The van der Waals surface area contributed by atoms with Crippen LogP contribution in [0.5, 0.6) is 0 Å². The summed E-state index contributed by atoms with van der Waals surface area (Å²) in [5, 5.41) is 8.66. The lowest BCUT2D eigenvalue weighted by atomic mass is 9.63. The summed E-state index contributed by atoms with van der Waals surface area (Å²) in [7, 11) is 0. The third-order valence-electron chi connectivity index (χ3n) is 4.40. The Balaban J connectivity index is 1.83. The molecule has 2 bridgehead atoms. The van der Waals surface area contributed by atoms with Gasteiger partial charge >= 0.3 is 5.97 Å². The second-order valence-corrected chi connectivity index (χ2v) is 5.31. The van der Waals surface area contributed by atoms with E-state index in [1.165, 1.54) is 4.90 Å². The molecule has 5 heteroatoms. The minimum atomic E-state index is -0.980. The van der Waals surface area contributed by atoms with Crippen LogP contribution >= 0.6 is 0 Å². The Kier molecular flexibility index (Phi) is 2.50. The number of hydrogen-bond donors (Lipinski definition) is 1. The highest BCUT2D eigenvalue weighted by Gasteiger charge is 2.56. The first-order chi connectivity index (χ1) is 8.59. The Morgan fingerprint density at radius 3 is 2.06 bits per heavy atom. The van der Waals surface area contributed by atoms with Gasteiger partial charge in [-0.05, 0) is 24.7 Å². The quantitative estimate of drug-likeness (QED) is 0.589. The average Bonchev–Trinajstić information content (AvgIpc) is 2.63. The normalized spacial score (nSPS) is 37.2. The molecule has 1 saturated heterocycles. The fourth-order valence-corrected chi connectivity index (χ4v) is 3.56. The van der Waals surface area contributed by atoms with Crippen LogP contribution in [0.4, 0.5) is 0 Å². The molecule has 4 atom stereocenters. The van der Waals surface area contributed by atoms with Gasteiger partial charge in [0.2, 0.25) is 11.8 Å². The van der Waals surface area contributed by atoms with Crippen LogP contribution in [0, 0.1) is 23.7 Å². The van der Waals surface area contributed by atoms with Crippen molar-refractivity contribution in [3.05, 3.63) is 12.2 Å². The Labute approximate surface area is 104 Å². The molecule has 0 spiro atoms. The fraction of sp³-hybridized carbons (Fsp3) is 0.615. The predicted molar refractivity (Wildman–Crippen MR) is 61.3 cm³/mol. The molecule has 0 aromatic rings. The van der Waals surface area contributed by atoms with E-state index in [9.17, 15) is 14.4 Å². The van der Waals surface area contributed by atoms with E-state index >= 15 is 0 Å². The zero-order valence-corrected chi connectivity index (χ0v) is 9.91. The van der Waals surface area contributed by atoms with Crippen LogP contribution in [0.1, 0.15) is 19.3 Å². The number of carbonyl (C=O) groups excluding carboxylic acids is 2. The van der Waals surface area contributed by atoms with Gasteiger partial charge < -0.3 is 5.11 Å². The van der Waals surface area contributed by atoms with Crippen LogP contribution in [0.25, 0.3) is 0 Å². The largest absolute Gasteiger partial charge is 0.481 e. The highest BCUT2D eigenvalue weighted by atomic mass is 16.4. The van der Waals surface area contributed by atoms with Crippen molar-refractivity contribution in [2.75, 3.05) is 6.54 Å². The number of fused-ring (bicyclic) bond motifs is 1. The fourth-order valence-electron chi connectivity index (χ4n) is 3.56. The van der Waals surface area contributed by atoms with Gasteiger partial charge in [-0.25, -0.2) is 0 Å². The number of carboxylic acid groups (broad SMARTS) is 1. The summed E-state index contributed by atoms with van der Waals surface area (Å²) in [4.78, 5) is 36.2.